The Hall–Kier alpha value is -2.00. The third-order valence-corrected chi connectivity index (χ3v) is 3.66. The smallest absolute Gasteiger partial charge is 0.166 e. The monoisotopic (exact) mass is 283 g/mol. The molecule has 0 atom stereocenters. The van der Waals surface area contributed by atoms with Gasteiger partial charge in [-0.15, -0.1) is 0 Å². The molecule has 110 valence electrons. The molecule has 1 saturated carbocycles. The van der Waals surface area contributed by atoms with Gasteiger partial charge in [-0.05, 0) is 24.5 Å². The highest BCUT2D eigenvalue weighted by Crippen LogP contribution is 2.32. The molecule has 3 rings (SSSR count). The first-order chi connectivity index (χ1) is 10.4. The van der Waals surface area contributed by atoms with Crippen LogP contribution in [0.15, 0.2) is 48.5 Å². The van der Waals surface area contributed by atoms with Crippen LogP contribution in [0.4, 0.5) is 0 Å². The number of nitrogens with one attached hydrogen (secondary N) is 1. The van der Waals surface area contributed by atoms with Crippen molar-refractivity contribution < 1.29 is 9.47 Å². The summed E-state index contributed by atoms with van der Waals surface area (Å²) in [7, 11) is 1.68. The summed E-state index contributed by atoms with van der Waals surface area (Å²) < 4.78 is 11.5. The maximum Gasteiger partial charge on any atom is 0.166 e. The van der Waals surface area contributed by atoms with Gasteiger partial charge in [-0.25, -0.2) is 0 Å². The van der Waals surface area contributed by atoms with E-state index in [0.717, 1.165) is 29.2 Å². The minimum atomic E-state index is 0.553. The molecule has 0 radical (unpaired) electrons. The molecule has 1 fully saturated rings. The van der Waals surface area contributed by atoms with Crippen LogP contribution >= 0.6 is 0 Å². The Kier molecular flexibility index (Phi) is 4.41. The summed E-state index contributed by atoms with van der Waals surface area (Å²) in [4.78, 5) is 0. The minimum Gasteiger partial charge on any atom is -0.493 e. The van der Waals surface area contributed by atoms with Crippen LogP contribution < -0.4 is 14.8 Å². The van der Waals surface area contributed by atoms with E-state index < -0.39 is 0 Å². The van der Waals surface area contributed by atoms with E-state index in [0.29, 0.717) is 12.6 Å². The van der Waals surface area contributed by atoms with Gasteiger partial charge in [-0.1, -0.05) is 42.5 Å². The SMILES string of the molecule is COc1cccc(CNC2CC2)c1OCc1ccccc1. The predicted molar refractivity (Wildman–Crippen MR) is 83.6 cm³/mol. The maximum absolute atomic E-state index is 6.03. The van der Waals surface area contributed by atoms with E-state index in [1.54, 1.807) is 7.11 Å². The summed E-state index contributed by atoms with van der Waals surface area (Å²) >= 11 is 0. The summed E-state index contributed by atoms with van der Waals surface area (Å²) in [5.41, 5.74) is 2.31. The summed E-state index contributed by atoms with van der Waals surface area (Å²) in [6, 6.07) is 16.9. The lowest BCUT2D eigenvalue weighted by molar-refractivity contribution is 0.280. The highest BCUT2D eigenvalue weighted by atomic mass is 16.5. The lowest BCUT2D eigenvalue weighted by Crippen LogP contribution is -2.16. The van der Waals surface area contributed by atoms with E-state index in [2.05, 4.69) is 23.5 Å². The standard InChI is InChI=1S/C18H21NO2/c1-20-17-9-5-8-15(12-19-16-10-11-16)18(17)21-13-14-6-3-2-4-7-14/h2-9,16,19H,10-13H2,1H3. The summed E-state index contributed by atoms with van der Waals surface area (Å²) in [6.07, 6.45) is 2.56. The molecule has 21 heavy (non-hydrogen) atoms. The summed E-state index contributed by atoms with van der Waals surface area (Å²) in [5, 5.41) is 3.53. The fourth-order valence-electron chi connectivity index (χ4n) is 2.30. The third kappa shape index (κ3) is 3.76. The second-order valence-corrected chi connectivity index (χ2v) is 5.38. The van der Waals surface area contributed by atoms with Crippen molar-refractivity contribution in [3.05, 3.63) is 59.7 Å². The first kappa shape index (κ1) is 14.0. The van der Waals surface area contributed by atoms with Crippen LogP contribution in [-0.2, 0) is 13.2 Å². The van der Waals surface area contributed by atoms with Crippen LogP contribution in [-0.4, -0.2) is 13.2 Å². The molecule has 1 aliphatic rings. The van der Waals surface area contributed by atoms with Crippen molar-refractivity contribution in [3.8, 4) is 11.5 Å². The molecule has 0 amide bonds. The number of ether oxygens (including phenoxy) is 2. The maximum atomic E-state index is 6.03. The van der Waals surface area contributed by atoms with Gasteiger partial charge < -0.3 is 14.8 Å². The Morgan fingerprint density at radius 1 is 1.05 bits per heavy atom. The zero-order valence-corrected chi connectivity index (χ0v) is 12.3. The predicted octanol–water partition coefficient (Wildman–Crippen LogP) is 3.53. The fraction of sp³-hybridized carbons (Fsp3) is 0.333. The van der Waals surface area contributed by atoms with Gasteiger partial charge in [-0.3, -0.25) is 0 Å². The molecule has 0 aliphatic heterocycles. The molecule has 3 heteroatoms. The molecule has 3 nitrogen and oxygen atoms in total. The van der Waals surface area contributed by atoms with E-state index in [1.807, 2.05) is 30.3 Å². The number of methoxy groups -OCH3 is 1. The topological polar surface area (TPSA) is 30.5 Å². The normalized spacial score (nSPS) is 14.0. The van der Waals surface area contributed by atoms with E-state index in [4.69, 9.17) is 9.47 Å². The Balaban J connectivity index is 1.73. The number of rotatable bonds is 7. The minimum absolute atomic E-state index is 0.553. The van der Waals surface area contributed by atoms with Gasteiger partial charge in [0.05, 0.1) is 7.11 Å². The largest absolute Gasteiger partial charge is 0.493 e. The molecule has 2 aromatic carbocycles. The first-order valence-electron chi connectivity index (χ1n) is 7.43. The molecule has 0 heterocycles. The van der Waals surface area contributed by atoms with Crippen molar-refractivity contribution in [2.75, 3.05) is 7.11 Å². The Labute approximate surface area is 125 Å². The van der Waals surface area contributed by atoms with E-state index in [1.165, 1.54) is 12.8 Å². The van der Waals surface area contributed by atoms with Crippen molar-refractivity contribution >= 4 is 0 Å². The molecular weight excluding hydrogens is 262 g/mol. The van der Waals surface area contributed by atoms with Crippen LogP contribution in [0.1, 0.15) is 24.0 Å². The van der Waals surface area contributed by atoms with Gasteiger partial charge >= 0.3 is 0 Å². The van der Waals surface area contributed by atoms with E-state index in [-0.39, 0.29) is 0 Å². The van der Waals surface area contributed by atoms with Gasteiger partial charge in [0.25, 0.3) is 0 Å². The fourth-order valence-corrected chi connectivity index (χ4v) is 2.30. The van der Waals surface area contributed by atoms with Gasteiger partial charge in [0.2, 0.25) is 0 Å². The number of benzene rings is 2. The summed E-state index contributed by atoms with van der Waals surface area (Å²) in [5.74, 6) is 1.64. The van der Waals surface area contributed by atoms with Crippen molar-refractivity contribution in [2.45, 2.75) is 32.0 Å². The Bertz CT molecular complexity index is 579. The highest BCUT2D eigenvalue weighted by molar-refractivity contribution is 5.46. The van der Waals surface area contributed by atoms with Crippen molar-refractivity contribution in [3.63, 3.8) is 0 Å². The molecule has 1 N–H and O–H groups in total. The van der Waals surface area contributed by atoms with Crippen LogP contribution in [0, 0.1) is 0 Å². The van der Waals surface area contributed by atoms with Crippen LogP contribution in [0.25, 0.3) is 0 Å². The molecule has 0 spiro atoms. The average Bonchev–Trinajstić information content (AvgIpc) is 3.36. The van der Waals surface area contributed by atoms with Gasteiger partial charge in [-0.2, -0.15) is 0 Å². The second kappa shape index (κ2) is 6.64. The molecule has 0 aromatic heterocycles. The Morgan fingerprint density at radius 3 is 2.57 bits per heavy atom. The highest BCUT2D eigenvalue weighted by Gasteiger charge is 2.21. The lowest BCUT2D eigenvalue weighted by atomic mass is 10.1. The lowest BCUT2D eigenvalue weighted by Gasteiger charge is -2.15. The van der Waals surface area contributed by atoms with Crippen LogP contribution in [0.3, 0.4) is 0 Å². The summed E-state index contributed by atoms with van der Waals surface area (Å²) in [6.45, 7) is 1.38. The van der Waals surface area contributed by atoms with Crippen LogP contribution in [0.5, 0.6) is 11.5 Å². The van der Waals surface area contributed by atoms with Gasteiger partial charge in [0.15, 0.2) is 11.5 Å². The molecule has 2 aromatic rings. The van der Waals surface area contributed by atoms with Crippen molar-refractivity contribution in [1.29, 1.82) is 0 Å². The zero-order valence-electron chi connectivity index (χ0n) is 12.3. The molecule has 0 saturated heterocycles. The third-order valence-electron chi connectivity index (χ3n) is 3.66. The molecule has 1 aliphatic carbocycles. The van der Waals surface area contributed by atoms with Crippen molar-refractivity contribution in [1.82, 2.24) is 5.32 Å². The quantitative estimate of drug-likeness (QED) is 0.843. The number of para-hydroxylation sites is 1. The second-order valence-electron chi connectivity index (χ2n) is 5.38. The number of hydrogen-bond acceptors (Lipinski definition) is 3. The number of hydrogen-bond donors (Lipinski definition) is 1. The zero-order chi connectivity index (χ0) is 14.5. The van der Waals surface area contributed by atoms with Crippen LogP contribution in [0.2, 0.25) is 0 Å². The van der Waals surface area contributed by atoms with E-state index >= 15 is 0 Å². The van der Waals surface area contributed by atoms with Gasteiger partial charge in [0, 0.05) is 18.2 Å². The molecule has 0 unspecified atom stereocenters. The Morgan fingerprint density at radius 2 is 1.86 bits per heavy atom. The first-order valence-corrected chi connectivity index (χ1v) is 7.43. The van der Waals surface area contributed by atoms with Gasteiger partial charge in [0.1, 0.15) is 6.61 Å². The van der Waals surface area contributed by atoms with Crippen molar-refractivity contribution in [2.24, 2.45) is 0 Å². The average molecular weight is 283 g/mol. The molecular formula is C18H21NO2. The van der Waals surface area contributed by atoms with E-state index in [9.17, 15) is 0 Å². The molecule has 0 bridgehead atoms.